The maximum atomic E-state index is 12.7. The van der Waals surface area contributed by atoms with E-state index >= 15 is 0 Å². The lowest BCUT2D eigenvalue weighted by Crippen LogP contribution is -2.45. The van der Waals surface area contributed by atoms with Gasteiger partial charge in [0.15, 0.2) is 5.76 Å². The van der Waals surface area contributed by atoms with Crippen LogP contribution in [0.3, 0.4) is 0 Å². The van der Waals surface area contributed by atoms with E-state index in [0.717, 1.165) is 18.2 Å². The number of furan rings is 1. The van der Waals surface area contributed by atoms with Crippen LogP contribution < -0.4 is 10.6 Å². The molecule has 1 aromatic heterocycles. The van der Waals surface area contributed by atoms with Crippen LogP contribution in [0, 0.1) is 11.8 Å². The summed E-state index contributed by atoms with van der Waals surface area (Å²) in [6, 6.07) is 9.33. The lowest BCUT2D eigenvalue weighted by atomic mass is 9.96. The molecular weight excluding hydrogens is 358 g/mol. The molecule has 2 heterocycles. The Labute approximate surface area is 164 Å². The summed E-state index contributed by atoms with van der Waals surface area (Å²) in [5.41, 5.74) is 0.708. The molecule has 28 heavy (non-hydrogen) atoms. The second-order valence-electron chi connectivity index (χ2n) is 7.70. The zero-order valence-corrected chi connectivity index (χ0v) is 16.4. The molecule has 1 aromatic carbocycles. The Morgan fingerprint density at radius 1 is 1.11 bits per heavy atom. The zero-order chi connectivity index (χ0) is 20.1. The molecule has 7 heteroatoms. The molecule has 1 fully saturated rings. The third-order valence-corrected chi connectivity index (χ3v) is 4.97. The highest BCUT2D eigenvalue weighted by atomic mass is 16.3. The molecule has 2 aromatic rings. The van der Waals surface area contributed by atoms with Gasteiger partial charge in [0.1, 0.15) is 5.58 Å². The first-order chi connectivity index (χ1) is 13.4. The number of piperidine rings is 1. The Morgan fingerprint density at radius 2 is 1.79 bits per heavy atom. The maximum Gasteiger partial charge on any atom is 0.309 e. The summed E-state index contributed by atoms with van der Waals surface area (Å²) in [7, 11) is 0. The Bertz CT molecular complexity index is 817. The number of fused-ring (bicyclic) bond motifs is 1. The van der Waals surface area contributed by atoms with Crippen molar-refractivity contribution in [3.05, 3.63) is 36.1 Å². The van der Waals surface area contributed by atoms with Crippen molar-refractivity contribution < 1.29 is 18.8 Å². The number of carbonyl (C=O) groups is 3. The Balaban J connectivity index is 1.44. The topological polar surface area (TPSA) is 91.7 Å². The molecule has 3 rings (SSSR count). The number of benzene rings is 1. The van der Waals surface area contributed by atoms with Gasteiger partial charge < -0.3 is 20.0 Å². The smallest absolute Gasteiger partial charge is 0.309 e. The summed E-state index contributed by atoms with van der Waals surface area (Å²) < 4.78 is 5.66. The van der Waals surface area contributed by atoms with Gasteiger partial charge in [0.05, 0.1) is 0 Å². The van der Waals surface area contributed by atoms with Gasteiger partial charge in [-0.15, -0.1) is 0 Å². The molecule has 0 bridgehead atoms. The second kappa shape index (κ2) is 8.91. The van der Waals surface area contributed by atoms with Gasteiger partial charge in [-0.3, -0.25) is 14.4 Å². The fourth-order valence-corrected chi connectivity index (χ4v) is 3.28. The van der Waals surface area contributed by atoms with E-state index in [1.54, 1.807) is 11.0 Å². The van der Waals surface area contributed by atoms with Crippen LogP contribution in [-0.4, -0.2) is 48.8 Å². The van der Waals surface area contributed by atoms with Gasteiger partial charge in [-0.25, -0.2) is 0 Å². The molecule has 150 valence electrons. The fourth-order valence-electron chi connectivity index (χ4n) is 3.28. The highest BCUT2D eigenvalue weighted by Crippen LogP contribution is 2.23. The quantitative estimate of drug-likeness (QED) is 0.772. The molecular formula is C21H27N3O4. The number of nitrogens with zero attached hydrogens (tertiary/aromatic N) is 1. The standard InChI is InChI=1S/C21H27N3O4/c1-14(2)12-22-19(25)20(26)23-13-15-7-9-24(10-8-15)21(27)18-11-16-5-3-4-6-17(16)28-18/h3-6,11,14-15H,7-10,12-13H2,1-2H3,(H,22,25)(H,23,26). The predicted octanol–water partition coefficient (Wildman–Crippen LogP) is 2.17. The first-order valence-corrected chi connectivity index (χ1v) is 9.78. The van der Waals surface area contributed by atoms with Crippen LogP contribution >= 0.6 is 0 Å². The van der Waals surface area contributed by atoms with Gasteiger partial charge in [0, 0.05) is 31.6 Å². The van der Waals surface area contributed by atoms with Crippen LogP contribution in [0.5, 0.6) is 0 Å². The fraction of sp³-hybridized carbons (Fsp3) is 0.476. The number of rotatable bonds is 5. The molecule has 0 saturated carbocycles. The van der Waals surface area contributed by atoms with E-state index < -0.39 is 11.8 Å². The van der Waals surface area contributed by atoms with Crippen molar-refractivity contribution in [1.29, 1.82) is 0 Å². The van der Waals surface area contributed by atoms with Crippen LogP contribution in [0.1, 0.15) is 37.2 Å². The van der Waals surface area contributed by atoms with Crippen molar-refractivity contribution >= 4 is 28.7 Å². The number of hydrogen-bond donors (Lipinski definition) is 2. The number of nitrogens with one attached hydrogen (secondary N) is 2. The summed E-state index contributed by atoms with van der Waals surface area (Å²) in [5, 5.41) is 6.22. The van der Waals surface area contributed by atoms with Gasteiger partial charge in [-0.2, -0.15) is 0 Å². The Morgan fingerprint density at radius 3 is 2.46 bits per heavy atom. The number of para-hydroxylation sites is 1. The van der Waals surface area contributed by atoms with Crippen molar-refractivity contribution in [2.75, 3.05) is 26.2 Å². The van der Waals surface area contributed by atoms with E-state index in [1.165, 1.54) is 0 Å². The molecule has 3 amide bonds. The maximum absolute atomic E-state index is 12.7. The van der Waals surface area contributed by atoms with Crippen LogP contribution in [0.2, 0.25) is 0 Å². The first kappa shape index (κ1) is 19.9. The van der Waals surface area contributed by atoms with Gasteiger partial charge >= 0.3 is 11.8 Å². The average molecular weight is 385 g/mol. The molecule has 0 spiro atoms. The Hall–Kier alpha value is -2.83. The van der Waals surface area contributed by atoms with Gasteiger partial charge in [-0.05, 0) is 36.8 Å². The van der Waals surface area contributed by atoms with Crippen molar-refractivity contribution in [3.63, 3.8) is 0 Å². The van der Waals surface area contributed by atoms with E-state index in [-0.39, 0.29) is 11.8 Å². The normalized spacial score (nSPS) is 15.0. The summed E-state index contributed by atoms with van der Waals surface area (Å²) >= 11 is 0. The van der Waals surface area contributed by atoms with Crippen molar-refractivity contribution in [1.82, 2.24) is 15.5 Å². The van der Waals surface area contributed by atoms with E-state index in [1.807, 2.05) is 38.1 Å². The molecule has 7 nitrogen and oxygen atoms in total. The lowest BCUT2D eigenvalue weighted by molar-refractivity contribution is -0.139. The van der Waals surface area contributed by atoms with Gasteiger partial charge in [0.25, 0.3) is 5.91 Å². The average Bonchev–Trinajstić information content (AvgIpc) is 3.14. The minimum absolute atomic E-state index is 0.105. The zero-order valence-electron chi connectivity index (χ0n) is 16.4. The minimum atomic E-state index is -0.596. The van der Waals surface area contributed by atoms with Crippen LogP contribution in [0.25, 0.3) is 11.0 Å². The summed E-state index contributed by atoms with van der Waals surface area (Å²) in [5.74, 6) is -0.388. The highest BCUT2D eigenvalue weighted by Gasteiger charge is 2.26. The van der Waals surface area contributed by atoms with Crippen LogP contribution in [-0.2, 0) is 9.59 Å². The van der Waals surface area contributed by atoms with E-state index in [4.69, 9.17) is 4.42 Å². The number of hydrogen-bond acceptors (Lipinski definition) is 4. The molecule has 2 N–H and O–H groups in total. The Kier molecular flexibility index (Phi) is 6.34. The second-order valence-corrected chi connectivity index (χ2v) is 7.70. The van der Waals surface area contributed by atoms with Crippen LogP contribution in [0.15, 0.2) is 34.7 Å². The van der Waals surface area contributed by atoms with E-state index in [0.29, 0.717) is 43.4 Å². The molecule has 0 aliphatic carbocycles. The first-order valence-electron chi connectivity index (χ1n) is 9.78. The van der Waals surface area contributed by atoms with E-state index in [9.17, 15) is 14.4 Å². The van der Waals surface area contributed by atoms with Gasteiger partial charge in [0.2, 0.25) is 0 Å². The molecule has 1 aliphatic rings. The summed E-state index contributed by atoms with van der Waals surface area (Å²) in [6.07, 6.45) is 1.56. The van der Waals surface area contributed by atoms with E-state index in [2.05, 4.69) is 10.6 Å². The predicted molar refractivity (Wildman–Crippen MR) is 106 cm³/mol. The highest BCUT2D eigenvalue weighted by molar-refractivity contribution is 6.35. The number of carbonyl (C=O) groups excluding carboxylic acids is 3. The summed E-state index contributed by atoms with van der Waals surface area (Å²) in [4.78, 5) is 38.0. The monoisotopic (exact) mass is 385 g/mol. The van der Waals surface area contributed by atoms with Crippen molar-refractivity contribution in [2.45, 2.75) is 26.7 Å². The molecule has 0 atom stereocenters. The third kappa shape index (κ3) is 4.91. The van der Waals surface area contributed by atoms with Crippen molar-refractivity contribution in [2.24, 2.45) is 11.8 Å². The van der Waals surface area contributed by atoms with Crippen molar-refractivity contribution in [3.8, 4) is 0 Å². The number of likely N-dealkylation sites (tertiary alicyclic amines) is 1. The molecule has 1 aliphatic heterocycles. The SMILES string of the molecule is CC(C)CNC(=O)C(=O)NCC1CCN(C(=O)c2cc3ccccc3o2)CC1. The minimum Gasteiger partial charge on any atom is -0.451 e. The largest absolute Gasteiger partial charge is 0.451 e. The third-order valence-electron chi connectivity index (χ3n) is 4.97. The lowest BCUT2D eigenvalue weighted by Gasteiger charge is -2.31. The van der Waals surface area contributed by atoms with Gasteiger partial charge in [-0.1, -0.05) is 32.0 Å². The molecule has 0 unspecified atom stereocenters. The number of amides is 3. The molecule has 1 saturated heterocycles. The summed E-state index contributed by atoms with van der Waals surface area (Å²) in [6.45, 7) is 6.08. The van der Waals surface area contributed by atoms with Crippen LogP contribution in [0.4, 0.5) is 0 Å². The molecule has 0 radical (unpaired) electrons.